The highest BCUT2D eigenvalue weighted by Gasteiger charge is 2.23. The van der Waals surface area contributed by atoms with Crippen LogP contribution in [0.3, 0.4) is 0 Å². The molecule has 0 aliphatic rings. The zero-order chi connectivity index (χ0) is 21.7. The molecule has 1 aromatic heterocycles. The number of nitrogens with one attached hydrogen (secondary N) is 1. The number of nitriles is 1. The number of halogens is 2. The number of rotatable bonds is 5. The monoisotopic (exact) mass is 456 g/mol. The molecule has 1 heterocycles. The summed E-state index contributed by atoms with van der Waals surface area (Å²) >= 11 is 13.2. The SMILES string of the molecule is COC(=O)c1c(-c2ccccc2)csc1NC(=O)/C(C#N)=C/c1ccc(Cl)cc1Cl. The standard InChI is InChI=1S/C22H14Cl2N2O3S/c1-29-22(28)19-17(13-5-3-2-4-6-13)12-30-21(19)26-20(27)15(11-25)9-14-7-8-16(23)10-18(14)24/h2-10,12H,1H3,(H,26,27)/b15-9+. The van der Waals surface area contributed by atoms with Gasteiger partial charge in [0.05, 0.1) is 7.11 Å². The minimum atomic E-state index is -0.671. The molecule has 0 aliphatic carbocycles. The number of carbonyl (C=O) groups is 2. The number of hydrogen-bond acceptors (Lipinski definition) is 5. The van der Waals surface area contributed by atoms with Gasteiger partial charge in [0, 0.05) is 21.0 Å². The smallest absolute Gasteiger partial charge is 0.341 e. The topological polar surface area (TPSA) is 79.2 Å². The molecule has 3 rings (SSSR count). The number of nitrogens with zero attached hydrogens (tertiary/aromatic N) is 1. The lowest BCUT2D eigenvalue weighted by Crippen LogP contribution is -2.15. The van der Waals surface area contributed by atoms with E-state index in [2.05, 4.69) is 5.32 Å². The third-order valence-corrected chi connectivity index (χ3v) is 5.58. The summed E-state index contributed by atoms with van der Waals surface area (Å²) in [5.41, 5.74) is 1.95. The zero-order valence-electron chi connectivity index (χ0n) is 15.6. The number of thiophene rings is 1. The molecule has 0 saturated heterocycles. The van der Waals surface area contributed by atoms with Gasteiger partial charge in [-0.2, -0.15) is 5.26 Å². The van der Waals surface area contributed by atoms with Crippen LogP contribution in [0.25, 0.3) is 17.2 Å². The van der Waals surface area contributed by atoms with E-state index in [0.29, 0.717) is 21.2 Å². The molecule has 5 nitrogen and oxygen atoms in total. The first-order valence-corrected chi connectivity index (χ1v) is 10.2. The second-order valence-corrected chi connectivity index (χ2v) is 7.72. The Balaban J connectivity index is 1.96. The number of benzene rings is 2. The van der Waals surface area contributed by atoms with Crippen molar-refractivity contribution in [3.8, 4) is 17.2 Å². The number of ether oxygens (including phenoxy) is 1. The van der Waals surface area contributed by atoms with Crippen molar-refractivity contribution in [1.29, 1.82) is 5.26 Å². The number of esters is 1. The van der Waals surface area contributed by atoms with E-state index < -0.39 is 11.9 Å². The predicted octanol–water partition coefficient (Wildman–Crippen LogP) is 6.05. The van der Waals surface area contributed by atoms with Crippen LogP contribution in [-0.4, -0.2) is 19.0 Å². The van der Waals surface area contributed by atoms with Crippen molar-refractivity contribution in [1.82, 2.24) is 0 Å². The molecular formula is C22H14Cl2N2O3S. The molecule has 0 bridgehead atoms. The Morgan fingerprint density at radius 2 is 1.90 bits per heavy atom. The van der Waals surface area contributed by atoms with E-state index in [0.717, 1.165) is 5.56 Å². The summed E-state index contributed by atoms with van der Waals surface area (Å²) in [4.78, 5) is 25.1. The average molecular weight is 457 g/mol. The fourth-order valence-corrected chi connectivity index (χ4v) is 4.09. The average Bonchev–Trinajstić information content (AvgIpc) is 3.16. The van der Waals surface area contributed by atoms with Gasteiger partial charge in [-0.15, -0.1) is 11.3 Å². The van der Waals surface area contributed by atoms with Crippen molar-refractivity contribution < 1.29 is 14.3 Å². The Morgan fingerprint density at radius 3 is 2.53 bits per heavy atom. The van der Waals surface area contributed by atoms with Crippen LogP contribution < -0.4 is 5.32 Å². The van der Waals surface area contributed by atoms with Gasteiger partial charge in [-0.05, 0) is 29.3 Å². The highest BCUT2D eigenvalue weighted by atomic mass is 35.5. The summed E-state index contributed by atoms with van der Waals surface area (Å²) < 4.78 is 4.90. The molecular weight excluding hydrogens is 443 g/mol. The van der Waals surface area contributed by atoms with E-state index in [1.807, 2.05) is 36.4 Å². The molecule has 3 aromatic rings. The molecule has 1 amide bonds. The van der Waals surface area contributed by atoms with E-state index in [1.54, 1.807) is 17.5 Å². The molecule has 0 aliphatic heterocycles. The van der Waals surface area contributed by atoms with Gasteiger partial charge in [0.2, 0.25) is 0 Å². The molecule has 0 fully saturated rings. The summed E-state index contributed by atoms with van der Waals surface area (Å²) in [5, 5.41) is 14.9. The van der Waals surface area contributed by atoms with Gasteiger partial charge in [-0.3, -0.25) is 4.79 Å². The Kier molecular flexibility index (Phi) is 6.91. The maximum Gasteiger partial charge on any atom is 0.341 e. The molecule has 0 atom stereocenters. The second kappa shape index (κ2) is 9.59. The molecule has 1 N–H and O–H groups in total. The van der Waals surface area contributed by atoms with Gasteiger partial charge in [0.15, 0.2) is 0 Å². The van der Waals surface area contributed by atoms with Crippen molar-refractivity contribution >= 4 is 57.5 Å². The third kappa shape index (κ3) is 4.71. The van der Waals surface area contributed by atoms with Gasteiger partial charge in [0.25, 0.3) is 5.91 Å². The molecule has 0 radical (unpaired) electrons. The zero-order valence-corrected chi connectivity index (χ0v) is 17.9. The van der Waals surface area contributed by atoms with Crippen LogP contribution in [0.15, 0.2) is 59.5 Å². The molecule has 150 valence electrons. The highest BCUT2D eigenvalue weighted by molar-refractivity contribution is 7.15. The van der Waals surface area contributed by atoms with Crippen LogP contribution in [0.5, 0.6) is 0 Å². The van der Waals surface area contributed by atoms with Crippen molar-refractivity contribution in [2.45, 2.75) is 0 Å². The first kappa shape index (κ1) is 21.6. The van der Waals surface area contributed by atoms with Crippen LogP contribution in [-0.2, 0) is 9.53 Å². The van der Waals surface area contributed by atoms with Crippen molar-refractivity contribution in [3.63, 3.8) is 0 Å². The normalized spacial score (nSPS) is 10.9. The fraction of sp³-hybridized carbons (Fsp3) is 0.0455. The van der Waals surface area contributed by atoms with Gasteiger partial charge in [0.1, 0.15) is 22.2 Å². The van der Waals surface area contributed by atoms with Crippen LogP contribution in [0.1, 0.15) is 15.9 Å². The Hall–Kier alpha value is -3.11. The van der Waals surface area contributed by atoms with E-state index in [9.17, 15) is 14.9 Å². The van der Waals surface area contributed by atoms with Gasteiger partial charge in [-0.25, -0.2) is 4.79 Å². The lowest BCUT2D eigenvalue weighted by Gasteiger charge is -2.08. The molecule has 0 spiro atoms. The van der Waals surface area contributed by atoms with E-state index in [-0.39, 0.29) is 16.1 Å². The Bertz CT molecular complexity index is 1180. The molecule has 0 saturated carbocycles. The lowest BCUT2D eigenvalue weighted by atomic mass is 10.0. The first-order chi connectivity index (χ1) is 14.4. The van der Waals surface area contributed by atoms with Crippen LogP contribution in [0, 0.1) is 11.3 Å². The van der Waals surface area contributed by atoms with Crippen molar-refractivity contribution in [2.75, 3.05) is 12.4 Å². The van der Waals surface area contributed by atoms with Gasteiger partial charge < -0.3 is 10.1 Å². The second-order valence-electron chi connectivity index (χ2n) is 6.00. The highest BCUT2D eigenvalue weighted by Crippen LogP contribution is 2.36. The van der Waals surface area contributed by atoms with Gasteiger partial charge in [-0.1, -0.05) is 59.6 Å². The number of anilines is 1. The largest absolute Gasteiger partial charge is 0.465 e. The van der Waals surface area contributed by atoms with Crippen LogP contribution in [0.2, 0.25) is 10.0 Å². The van der Waals surface area contributed by atoms with E-state index in [4.69, 9.17) is 27.9 Å². The maximum absolute atomic E-state index is 12.7. The molecule has 2 aromatic carbocycles. The third-order valence-electron chi connectivity index (χ3n) is 4.12. The number of carbonyl (C=O) groups excluding carboxylic acids is 2. The summed E-state index contributed by atoms with van der Waals surface area (Å²) in [5.74, 6) is -1.26. The van der Waals surface area contributed by atoms with Crippen LogP contribution in [0.4, 0.5) is 5.00 Å². The molecule has 8 heteroatoms. The number of amides is 1. The summed E-state index contributed by atoms with van der Waals surface area (Å²) in [7, 11) is 1.27. The Labute approximate surface area is 187 Å². The van der Waals surface area contributed by atoms with E-state index in [1.165, 1.54) is 30.6 Å². The lowest BCUT2D eigenvalue weighted by molar-refractivity contribution is -0.112. The minimum absolute atomic E-state index is 0.176. The van der Waals surface area contributed by atoms with Crippen LogP contribution >= 0.6 is 34.5 Å². The summed E-state index contributed by atoms with van der Waals surface area (Å²) in [6, 6.07) is 15.8. The minimum Gasteiger partial charge on any atom is -0.465 e. The van der Waals surface area contributed by atoms with Crippen molar-refractivity contribution in [2.24, 2.45) is 0 Å². The van der Waals surface area contributed by atoms with E-state index >= 15 is 0 Å². The van der Waals surface area contributed by atoms with Gasteiger partial charge >= 0.3 is 5.97 Å². The van der Waals surface area contributed by atoms with Crippen molar-refractivity contribution in [3.05, 3.63) is 80.7 Å². The Morgan fingerprint density at radius 1 is 1.17 bits per heavy atom. The number of hydrogen-bond donors (Lipinski definition) is 1. The molecule has 30 heavy (non-hydrogen) atoms. The summed E-state index contributed by atoms with van der Waals surface area (Å²) in [6.07, 6.45) is 1.36. The fourth-order valence-electron chi connectivity index (χ4n) is 2.68. The number of methoxy groups -OCH3 is 1. The summed E-state index contributed by atoms with van der Waals surface area (Å²) in [6.45, 7) is 0. The quantitative estimate of drug-likeness (QED) is 0.287. The maximum atomic E-state index is 12.7. The molecule has 0 unspecified atom stereocenters. The first-order valence-electron chi connectivity index (χ1n) is 8.58. The predicted molar refractivity (Wildman–Crippen MR) is 120 cm³/mol.